The van der Waals surface area contributed by atoms with E-state index in [1.807, 2.05) is 29.1 Å². The SMILES string of the molecule is CCCNC(C)c1cc(Cl)ccc1OCc1cscn1. The third kappa shape index (κ3) is 4.20. The fraction of sp³-hybridized carbons (Fsp3) is 0.400. The Morgan fingerprint density at radius 1 is 1.45 bits per heavy atom. The number of nitrogens with one attached hydrogen (secondary N) is 1. The van der Waals surface area contributed by atoms with Crippen LogP contribution in [0.2, 0.25) is 5.02 Å². The van der Waals surface area contributed by atoms with Gasteiger partial charge in [-0.1, -0.05) is 18.5 Å². The maximum atomic E-state index is 6.10. The molecule has 5 heteroatoms. The van der Waals surface area contributed by atoms with Crippen LogP contribution < -0.4 is 10.1 Å². The van der Waals surface area contributed by atoms with E-state index in [2.05, 4.69) is 24.1 Å². The quantitative estimate of drug-likeness (QED) is 0.821. The Labute approximate surface area is 129 Å². The van der Waals surface area contributed by atoms with Gasteiger partial charge in [0.05, 0.1) is 11.2 Å². The summed E-state index contributed by atoms with van der Waals surface area (Å²) in [5.41, 5.74) is 3.85. The Morgan fingerprint density at radius 3 is 3.00 bits per heavy atom. The molecule has 0 bridgehead atoms. The number of thiazole rings is 1. The van der Waals surface area contributed by atoms with E-state index in [-0.39, 0.29) is 6.04 Å². The number of rotatable bonds is 7. The highest BCUT2D eigenvalue weighted by atomic mass is 35.5. The minimum absolute atomic E-state index is 0.207. The summed E-state index contributed by atoms with van der Waals surface area (Å²) in [7, 11) is 0. The largest absolute Gasteiger partial charge is 0.487 e. The molecule has 1 aromatic heterocycles. The van der Waals surface area contributed by atoms with E-state index in [0.29, 0.717) is 6.61 Å². The molecule has 2 aromatic rings. The van der Waals surface area contributed by atoms with Crippen molar-refractivity contribution in [3.05, 3.63) is 45.4 Å². The van der Waals surface area contributed by atoms with E-state index >= 15 is 0 Å². The van der Waals surface area contributed by atoms with Gasteiger partial charge in [-0.15, -0.1) is 11.3 Å². The highest BCUT2D eigenvalue weighted by Crippen LogP contribution is 2.29. The van der Waals surface area contributed by atoms with Crippen LogP contribution in [0.5, 0.6) is 5.75 Å². The molecule has 1 N–H and O–H groups in total. The number of nitrogens with zero attached hydrogens (tertiary/aromatic N) is 1. The summed E-state index contributed by atoms with van der Waals surface area (Å²) in [5.74, 6) is 0.860. The molecule has 0 aliphatic carbocycles. The van der Waals surface area contributed by atoms with Crippen LogP contribution in [0.4, 0.5) is 0 Å². The van der Waals surface area contributed by atoms with Gasteiger partial charge in [0, 0.05) is 22.0 Å². The lowest BCUT2D eigenvalue weighted by Crippen LogP contribution is -2.20. The van der Waals surface area contributed by atoms with Crippen LogP contribution in [0.3, 0.4) is 0 Å². The van der Waals surface area contributed by atoms with Gasteiger partial charge < -0.3 is 10.1 Å². The van der Waals surface area contributed by atoms with E-state index in [9.17, 15) is 0 Å². The van der Waals surface area contributed by atoms with Crippen LogP contribution in [0.25, 0.3) is 0 Å². The fourth-order valence-electron chi connectivity index (χ4n) is 1.92. The second-order valence-electron chi connectivity index (χ2n) is 4.63. The van der Waals surface area contributed by atoms with Crippen molar-refractivity contribution in [2.45, 2.75) is 32.9 Å². The van der Waals surface area contributed by atoms with Gasteiger partial charge >= 0.3 is 0 Å². The zero-order valence-electron chi connectivity index (χ0n) is 11.7. The monoisotopic (exact) mass is 310 g/mol. The van der Waals surface area contributed by atoms with Crippen molar-refractivity contribution in [3.63, 3.8) is 0 Å². The fourth-order valence-corrected chi connectivity index (χ4v) is 2.64. The third-order valence-electron chi connectivity index (χ3n) is 3.00. The topological polar surface area (TPSA) is 34.1 Å². The Kier molecular flexibility index (Phi) is 5.83. The molecular weight excluding hydrogens is 292 g/mol. The molecule has 0 aliphatic rings. The predicted molar refractivity (Wildman–Crippen MR) is 84.6 cm³/mol. The first-order chi connectivity index (χ1) is 9.70. The standard InChI is InChI=1S/C15H19ClN2OS/c1-3-6-17-11(2)14-7-12(16)4-5-15(14)19-8-13-9-20-10-18-13/h4-5,7,9-11,17H,3,6,8H2,1-2H3. The molecule has 0 fully saturated rings. The highest BCUT2D eigenvalue weighted by molar-refractivity contribution is 7.07. The van der Waals surface area contributed by atoms with E-state index < -0.39 is 0 Å². The Hall–Kier alpha value is -1.10. The Balaban J connectivity index is 2.10. The van der Waals surface area contributed by atoms with Crippen molar-refractivity contribution in [1.82, 2.24) is 10.3 Å². The van der Waals surface area contributed by atoms with Gasteiger partial charge in [-0.05, 0) is 38.1 Å². The molecule has 1 unspecified atom stereocenters. The second-order valence-corrected chi connectivity index (χ2v) is 5.78. The second kappa shape index (κ2) is 7.62. The van der Waals surface area contributed by atoms with Crippen molar-refractivity contribution in [1.29, 1.82) is 0 Å². The first-order valence-electron chi connectivity index (χ1n) is 6.73. The molecule has 0 radical (unpaired) electrons. The third-order valence-corrected chi connectivity index (χ3v) is 3.87. The molecule has 1 heterocycles. The minimum Gasteiger partial charge on any atom is -0.487 e. The number of halogens is 1. The van der Waals surface area contributed by atoms with Crippen molar-refractivity contribution in [3.8, 4) is 5.75 Å². The Morgan fingerprint density at radius 2 is 2.30 bits per heavy atom. The maximum absolute atomic E-state index is 6.10. The molecule has 108 valence electrons. The van der Waals surface area contributed by atoms with Crippen molar-refractivity contribution in [2.24, 2.45) is 0 Å². The van der Waals surface area contributed by atoms with Gasteiger partial charge in [0.2, 0.25) is 0 Å². The molecule has 2 rings (SSSR count). The molecule has 1 aromatic carbocycles. The average Bonchev–Trinajstić information content (AvgIpc) is 2.96. The highest BCUT2D eigenvalue weighted by Gasteiger charge is 2.12. The summed E-state index contributed by atoms with van der Waals surface area (Å²) in [6, 6.07) is 5.95. The molecule has 0 spiro atoms. The van der Waals surface area contributed by atoms with Crippen LogP contribution in [-0.4, -0.2) is 11.5 Å². The number of aromatic nitrogens is 1. The zero-order chi connectivity index (χ0) is 14.4. The van der Waals surface area contributed by atoms with Gasteiger partial charge in [0.25, 0.3) is 0 Å². The summed E-state index contributed by atoms with van der Waals surface area (Å²) >= 11 is 7.67. The molecule has 3 nitrogen and oxygen atoms in total. The summed E-state index contributed by atoms with van der Waals surface area (Å²) in [5, 5.41) is 6.18. The molecular formula is C15H19ClN2OS. The lowest BCUT2D eigenvalue weighted by Gasteiger charge is -2.18. The number of hydrogen-bond donors (Lipinski definition) is 1. The van der Waals surface area contributed by atoms with Crippen molar-refractivity contribution < 1.29 is 4.74 Å². The summed E-state index contributed by atoms with van der Waals surface area (Å²) < 4.78 is 5.88. The molecule has 1 atom stereocenters. The predicted octanol–water partition coefficient (Wildman–Crippen LogP) is 4.44. The maximum Gasteiger partial charge on any atom is 0.131 e. The van der Waals surface area contributed by atoms with E-state index in [1.54, 1.807) is 11.3 Å². The van der Waals surface area contributed by atoms with Gasteiger partial charge in [0.1, 0.15) is 12.4 Å². The van der Waals surface area contributed by atoms with Crippen LogP contribution >= 0.6 is 22.9 Å². The lowest BCUT2D eigenvalue weighted by molar-refractivity contribution is 0.296. The van der Waals surface area contributed by atoms with Crippen LogP contribution in [0.1, 0.15) is 37.6 Å². The Bertz CT molecular complexity index is 531. The number of hydrogen-bond acceptors (Lipinski definition) is 4. The van der Waals surface area contributed by atoms with Crippen molar-refractivity contribution in [2.75, 3.05) is 6.54 Å². The van der Waals surface area contributed by atoms with E-state index in [0.717, 1.165) is 35.0 Å². The minimum atomic E-state index is 0.207. The molecule has 0 saturated carbocycles. The van der Waals surface area contributed by atoms with Gasteiger partial charge in [0.15, 0.2) is 0 Å². The van der Waals surface area contributed by atoms with Crippen LogP contribution in [-0.2, 0) is 6.61 Å². The molecule has 0 saturated heterocycles. The molecule has 20 heavy (non-hydrogen) atoms. The molecule has 0 aliphatic heterocycles. The average molecular weight is 311 g/mol. The van der Waals surface area contributed by atoms with Gasteiger partial charge in [-0.25, -0.2) is 4.98 Å². The summed E-state index contributed by atoms with van der Waals surface area (Å²) in [4.78, 5) is 4.22. The zero-order valence-corrected chi connectivity index (χ0v) is 13.3. The number of ether oxygens (including phenoxy) is 1. The van der Waals surface area contributed by atoms with Crippen molar-refractivity contribution >= 4 is 22.9 Å². The van der Waals surface area contributed by atoms with Crippen LogP contribution in [0, 0.1) is 0 Å². The van der Waals surface area contributed by atoms with Crippen LogP contribution in [0.15, 0.2) is 29.1 Å². The van der Waals surface area contributed by atoms with E-state index in [1.165, 1.54) is 0 Å². The lowest BCUT2D eigenvalue weighted by atomic mass is 10.1. The number of benzene rings is 1. The van der Waals surface area contributed by atoms with Gasteiger partial charge in [-0.3, -0.25) is 0 Å². The first kappa shape index (κ1) is 15.3. The van der Waals surface area contributed by atoms with E-state index in [4.69, 9.17) is 16.3 Å². The smallest absolute Gasteiger partial charge is 0.131 e. The first-order valence-corrected chi connectivity index (χ1v) is 8.05. The summed E-state index contributed by atoms with van der Waals surface area (Å²) in [6.45, 7) is 5.73. The summed E-state index contributed by atoms with van der Waals surface area (Å²) in [6.07, 6.45) is 1.10. The normalized spacial score (nSPS) is 12.3. The molecule has 0 amide bonds. The van der Waals surface area contributed by atoms with Gasteiger partial charge in [-0.2, -0.15) is 0 Å².